The largest absolute Gasteiger partial charge is 0.562 e. The monoisotopic (exact) mass is 431 g/mol. The van der Waals surface area contributed by atoms with Crippen molar-refractivity contribution >= 4 is 29.5 Å². The van der Waals surface area contributed by atoms with E-state index in [1.165, 1.54) is 39.5 Å². The zero-order valence-corrected chi connectivity index (χ0v) is 16.9. The van der Waals surface area contributed by atoms with Crippen molar-refractivity contribution in [2.24, 2.45) is 4.99 Å². The Labute approximate surface area is 176 Å². The fourth-order valence-electron chi connectivity index (χ4n) is 2.65. The Bertz CT molecular complexity index is 1100. The fourth-order valence-corrected chi connectivity index (χ4v) is 2.82. The van der Waals surface area contributed by atoms with Gasteiger partial charge in [0.25, 0.3) is 0 Å². The van der Waals surface area contributed by atoms with Gasteiger partial charge in [0.1, 0.15) is 11.6 Å². The van der Waals surface area contributed by atoms with Crippen molar-refractivity contribution in [2.45, 2.75) is 0 Å². The van der Waals surface area contributed by atoms with Gasteiger partial charge in [0.2, 0.25) is 5.75 Å². The van der Waals surface area contributed by atoms with E-state index in [0.717, 1.165) is 6.21 Å². The summed E-state index contributed by atoms with van der Waals surface area (Å²) < 4.78 is 21.0. The van der Waals surface area contributed by atoms with Crippen LogP contribution in [0.3, 0.4) is 0 Å². The van der Waals surface area contributed by atoms with Gasteiger partial charge in [-0.2, -0.15) is 0 Å². The first-order chi connectivity index (χ1) is 14.4. The van der Waals surface area contributed by atoms with E-state index in [0.29, 0.717) is 27.8 Å². The van der Waals surface area contributed by atoms with E-state index in [1.54, 1.807) is 12.1 Å². The van der Waals surface area contributed by atoms with Crippen molar-refractivity contribution < 1.29 is 33.6 Å². The second-order valence-electron chi connectivity index (χ2n) is 5.83. The molecule has 0 bridgehead atoms. The van der Waals surface area contributed by atoms with Crippen LogP contribution in [0.4, 0.5) is 5.69 Å². The summed E-state index contributed by atoms with van der Waals surface area (Å²) in [7, 11) is 4.38. The minimum Gasteiger partial charge on any atom is -0.562 e. The minimum absolute atomic E-state index is 0.00487. The van der Waals surface area contributed by atoms with Crippen LogP contribution in [0.2, 0.25) is 5.02 Å². The van der Waals surface area contributed by atoms with Gasteiger partial charge >= 0.3 is 5.97 Å². The van der Waals surface area contributed by atoms with Crippen molar-refractivity contribution in [1.29, 1.82) is 0 Å². The molecule has 10 heteroatoms. The molecule has 1 heterocycles. The average molecular weight is 432 g/mol. The summed E-state index contributed by atoms with van der Waals surface area (Å²) in [5.41, 5.74) is 0.300. The summed E-state index contributed by atoms with van der Waals surface area (Å²) in [6.45, 7) is 0. The molecular weight excluding hydrogens is 416 g/mol. The molecule has 30 heavy (non-hydrogen) atoms. The molecule has 0 amide bonds. The Hall–Kier alpha value is -3.72. The SMILES string of the molecule is COc1cc(-c2nc(C=Nc3cc(Cl)ccc3C(=O)O)c([O-])o2)cc(OC)c1OC. The molecule has 1 aromatic heterocycles. The van der Waals surface area contributed by atoms with Crippen molar-refractivity contribution in [2.75, 3.05) is 21.3 Å². The number of hydrogen-bond donors (Lipinski definition) is 1. The number of carboxylic acids is 1. The molecule has 0 saturated carbocycles. The molecule has 156 valence electrons. The topological polar surface area (TPSA) is 126 Å². The van der Waals surface area contributed by atoms with Gasteiger partial charge in [0, 0.05) is 10.6 Å². The molecular formula is C20H16ClN2O7-. The third kappa shape index (κ3) is 4.15. The maximum Gasteiger partial charge on any atom is 0.337 e. The van der Waals surface area contributed by atoms with Crippen LogP contribution in [-0.4, -0.2) is 43.6 Å². The number of halogens is 1. The lowest BCUT2D eigenvalue weighted by atomic mass is 10.2. The number of carboxylic acid groups (broad SMARTS) is 1. The number of hydrogen-bond acceptors (Lipinski definition) is 8. The van der Waals surface area contributed by atoms with Gasteiger partial charge in [-0.05, 0) is 30.3 Å². The first-order valence-electron chi connectivity index (χ1n) is 8.43. The highest BCUT2D eigenvalue weighted by Gasteiger charge is 2.16. The lowest BCUT2D eigenvalue weighted by molar-refractivity contribution is -0.293. The van der Waals surface area contributed by atoms with Crippen molar-refractivity contribution in [1.82, 2.24) is 4.98 Å². The van der Waals surface area contributed by atoms with E-state index >= 15 is 0 Å². The normalized spacial score (nSPS) is 10.9. The molecule has 2 aromatic carbocycles. The van der Waals surface area contributed by atoms with Crippen LogP contribution in [0, 0.1) is 0 Å². The highest BCUT2D eigenvalue weighted by Crippen LogP contribution is 2.41. The minimum atomic E-state index is -1.18. The Balaban J connectivity index is 2.00. The Kier molecular flexibility index (Phi) is 6.12. The molecule has 0 fully saturated rings. The number of nitrogens with zero attached hydrogens (tertiary/aromatic N) is 2. The van der Waals surface area contributed by atoms with Gasteiger partial charge in [-0.15, -0.1) is 0 Å². The summed E-state index contributed by atoms with van der Waals surface area (Å²) in [6, 6.07) is 7.27. The molecule has 0 aliphatic rings. The van der Waals surface area contributed by atoms with E-state index in [1.807, 2.05) is 0 Å². The van der Waals surface area contributed by atoms with Crippen LogP contribution >= 0.6 is 11.6 Å². The molecule has 0 aliphatic carbocycles. The molecule has 0 aliphatic heterocycles. The predicted molar refractivity (Wildman–Crippen MR) is 107 cm³/mol. The number of oxazole rings is 1. The van der Waals surface area contributed by atoms with E-state index < -0.39 is 11.9 Å². The number of aliphatic imine (C=N–C) groups is 1. The van der Waals surface area contributed by atoms with Gasteiger partial charge in [0.15, 0.2) is 11.5 Å². The van der Waals surface area contributed by atoms with Crippen LogP contribution in [-0.2, 0) is 0 Å². The standard InChI is InChI=1S/C20H17ClN2O7/c1-27-15-6-10(7-16(28-2)17(15)29-3)18-23-14(20(26)30-18)9-22-13-8-11(21)4-5-12(13)19(24)25/h4-9,26H,1-3H3,(H,24,25)/p-1. The van der Waals surface area contributed by atoms with Crippen LogP contribution in [0.1, 0.15) is 16.1 Å². The number of rotatable bonds is 7. The van der Waals surface area contributed by atoms with Crippen LogP contribution < -0.4 is 19.3 Å². The molecule has 0 atom stereocenters. The third-order valence-electron chi connectivity index (χ3n) is 4.05. The van der Waals surface area contributed by atoms with E-state index in [2.05, 4.69) is 9.98 Å². The van der Waals surface area contributed by atoms with E-state index in [9.17, 15) is 15.0 Å². The highest BCUT2D eigenvalue weighted by molar-refractivity contribution is 6.31. The molecule has 0 radical (unpaired) electrons. The molecule has 1 N–H and O–H groups in total. The van der Waals surface area contributed by atoms with E-state index in [-0.39, 0.29) is 22.8 Å². The van der Waals surface area contributed by atoms with Crippen molar-refractivity contribution in [3.63, 3.8) is 0 Å². The lowest BCUT2D eigenvalue weighted by Gasteiger charge is -2.13. The molecule has 3 aromatic rings. The number of aromatic carboxylic acids is 1. The maximum absolute atomic E-state index is 12.2. The van der Waals surface area contributed by atoms with Crippen molar-refractivity contribution in [3.05, 3.63) is 46.6 Å². The quantitative estimate of drug-likeness (QED) is 0.563. The average Bonchev–Trinajstić information content (AvgIpc) is 3.11. The van der Waals surface area contributed by atoms with Gasteiger partial charge in [0.05, 0.1) is 44.7 Å². The number of benzene rings is 2. The zero-order chi connectivity index (χ0) is 21.8. The number of aromatic nitrogens is 1. The Morgan fingerprint density at radius 3 is 2.40 bits per heavy atom. The van der Waals surface area contributed by atoms with Crippen LogP contribution in [0.25, 0.3) is 11.5 Å². The summed E-state index contributed by atoms with van der Waals surface area (Å²) in [5, 5.41) is 21.8. The van der Waals surface area contributed by atoms with Crippen LogP contribution in [0.15, 0.2) is 39.7 Å². The molecule has 3 rings (SSSR count). The van der Waals surface area contributed by atoms with Gasteiger partial charge < -0.3 is 28.8 Å². The Morgan fingerprint density at radius 2 is 1.83 bits per heavy atom. The number of carbonyl (C=O) groups is 1. The second kappa shape index (κ2) is 8.75. The van der Waals surface area contributed by atoms with Crippen molar-refractivity contribution in [3.8, 4) is 34.6 Å². The summed E-state index contributed by atoms with van der Waals surface area (Å²) in [4.78, 5) is 19.5. The predicted octanol–water partition coefficient (Wildman–Crippen LogP) is 3.54. The van der Waals surface area contributed by atoms with Gasteiger partial charge in [-0.1, -0.05) is 11.6 Å². The maximum atomic E-state index is 12.2. The first-order valence-corrected chi connectivity index (χ1v) is 8.80. The first kappa shape index (κ1) is 21.0. The number of ether oxygens (including phenoxy) is 3. The lowest BCUT2D eigenvalue weighted by Crippen LogP contribution is -1.97. The second-order valence-corrected chi connectivity index (χ2v) is 6.27. The number of methoxy groups -OCH3 is 3. The Morgan fingerprint density at radius 1 is 1.17 bits per heavy atom. The summed E-state index contributed by atoms with van der Waals surface area (Å²) in [5.74, 6) is -0.830. The van der Waals surface area contributed by atoms with Gasteiger partial charge in [-0.25, -0.2) is 9.78 Å². The highest BCUT2D eigenvalue weighted by atomic mass is 35.5. The fraction of sp³-hybridized carbons (Fsp3) is 0.150. The summed E-state index contributed by atoms with van der Waals surface area (Å²) in [6.07, 6.45) is 1.12. The molecule has 0 unspecified atom stereocenters. The molecule has 0 saturated heterocycles. The van der Waals surface area contributed by atoms with Crippen LogP contribution in [0.5, 0.6) is 23.2 Å². The summed E-state index contributed by atoms with van der Waals surface area (Å²) >= 11 is 5.90. The van der Waals surface area contributed by atoms with E-state index in [4.69, 9.17) is 30.2 Å². The third-order valence-corrected chi connectivity index (χ3v) is 4.28. The van der Waals surface area contributed by atoms with Gasteiger partial charge in [-0.3, -0.25) is 4.99 Å². The zero-order valence-electron chi connectivity index (χ0n) is 16.1. The molecule has 0 spiro atoms. The molecule has 9 nitrogen and oxygen atoms in total. The smallest absolute Gasteiger partial charge is 0.337 e.